The summed E-state index contributed by atoms with van der Waals surface area (Å²) in [6.45, 7) is 6.59. The third-order valence-corrected chi connectivity index (χ3v) is 5.85. The van der Waals surface area contributed by atoms with Crippen LogP contribution in [-0.4, -0.2) is 82.9 Å². The Balaban J connectivity index is 2.16. The van der Waals surface area contributed by atoms with Gasteiger partial charge in [-0.15, -0.1) is 0 Å². The predicted molar refractivity (Wildman–Crippen MR) is 114 cm³/mol. The molecule has 0 fully saturated rings. The average Bonchev–Trinajstić information content (AvgIpc) is 3.04. The third-order valence-electron chi connectivity index (χ3n) is 5.07. The molecule has 1 aliphatic heterocycles. The Morgan fingerprint density at radius 3 is 2.50 bits per heavy atom. The quantitative estimate of drug-likeness (QED) is 0.297. The highest BCUT2D eigenvalue weighted by atomic mass is 31.2. The molecule has 4 N–H and O–H groups in total. The number of esters is 1. The van der Waals surface area contributed by atoms with Crippen molar-refractivity contribution in [3.8, 4) is 0 Å². The fourth-order valence-electron chi connectivity index (χ4n) is 3.35. The van der Waals surface area contributed by atoms with Crippen LogP contribution in [0.3, 0.4) is 0 Å². The van der Waals surface area contributed by atoms with Crippen LogP contribution in [0.4, 0.5) is 17.5 Å². The van der Waals surface area contributed by atoms with Gasteiger partial charge in [-0.3, -0.25) is 18.7 Å². The zero-order valence-electron chi connectivity index (χ0n) is 17.7. The van der Waals surface area contributed by atoms with Crippen LogP contribution in [0.15, 0.2) is 4.79 Å². The number of hydrogen-bond donors (Lipinski definition) is 3. The van der Waals surface area contributed by atoms with Crippen LogP contribution in [0.1, 0.15) is 20.3 Å². The minimum Gasteiger partial charge on any atom is -0.469 e. The molecule has 0 spiro atoms. The number of hydrogen-bond acceptors (Lipinski definition) is 9. The number of ether oxygens (including phenoxy) is 1. The first-order chi connectivity index (χ1) is 14.1. The molecule has 0 radical (unpaired) electrons. The van der Waals surface area contributed by atoms with Gasteiger partial charge in [0.2, 0.25) is 5.95 Å². The molecule has 0 bridgehead atoms. The molecular weight excluding hydrogens is 415 g/mol. The predicted octanol–water partition coefficient (Wildman–Crippen LogP) is -0.508. The first-order valence-corrected chi connectivity index (χ1v) is 11.6. The number of nitrogen functional groups attached to an aromatic ring is 1. The van der Waals surface area contributed by atoms with E-state index in [2.05, 4.69) is 9.72 Å². The Morgan fingerprint density at radius 2 is 1.93 bits per heavy atom. The number of rotatable bonds is 11. The van der Waals surface area contributed by atoms with Crippen molar-refractivity contribution >= 4 is 31.0 Å². The molecular formula is C17H31N6O6P. The normalized spacial score (nSPS) is 13.8. The molecule has 2 rings (SSSR count). The van der Waals surface area contributed by atoms with E-state index in [9.17, 15) is 23.9 Å². The van der Waals surface area contributed by atoms with Gasteiger partial charge in [-0.05, 0) is 13.8 Å². The zero-order chi connectivity index (χ0) is 22.5. The van der Waals surface area contributed by atoms with E-state index in [1.54, 1.807) is 4.90 Å². The van der Waals surface area contributed by atoms with Gasteiger partial charge in [0.15, 0.2) is 5.82 Å². The molecule has 1 aromatic rings. The Labute approximate surface area is 175 Å². The first kappa shape index (κ1) is 24.1. The Bertz CT molecular complexity index is 856. The second kappa shape index (κ2) is 10.3. The number of nitrogens with two attached hydrogens (primary N) is 1. The van der Waals surface area contributed by atoms with Crippen molar-refractivity contribution in [1.82, 2.24) is 14.5 Å². The fourth-order valence-corrected chi connectivity index (χ4v) is 3.89. The van der Waals surface area contributed by atoms with Gasteiger partial charge in [0.1, 0.15) is 5.69 Å². The molecule has 0 aliphatic carbocycles. The molecule has 0 unspecified atom stereocenters. The monoisotopic (exact) mass is 446 g/mol. The van der Waals surface area contributed by atoms with Crippen molar-refractivity contribution in [2.24, 2.45) is 0 Å². The van der Waals surface area contributed by atoms with E-state index in [0.29, 0.717) is 50.9 Å². The van der Waals surface area contributed by atoms with E-state index in [1.165, 1.54) is 11.7 Å². The van der Waals surface area contributed by atoms with E-state index in [0.717, 1.165) is 0 Å². The third kappa shape index (κ3) is 5.94. The molecule has 0 aromatic carbocycles. The number of anilines is 3. The van der Waals surface area contributed by atoms with Gasteiger partial charge in [0, 0.05) is 39.3 Å². The van der Waals surface area contributed by atoms with Crippen LogP contribution < -0.4 is 21.1 Å². The molecule has 170 valence electrons. The Morgan fingerprint density at radius 1 is 1.23 bits per heavy atom. The maximum atomic E-state index is 12.8. The lowest BCUT2D eigenvalue weighted by Gasteiger charge is -2.26. The van der Waals surface area contributed by atoms with Crippen LogP contribution >= 0.6 is 7.60 Å². The van der Waals surface area contributed by atoms with Gasteiger partial charge in [-0.25, -0.2) is 0 Å². The highest BCUT2D eigenvalue weighted by molar-refractivity contribution is 7.51. The number of carbonyl (C=O) groups excluding carboxylic acids is 1. The largest absolute Gasteiger partial charge is 0.469 e. The number of fused-ring (bicyclic) bond motifs is 1. The van der Waals surface area contributed by atoms with Gasteiger partial charge in [0.25, 0.3) is 5.56 Å². The number of nitrogens with zero attached hydrogens (tertiary/aromatic N) is 5. The molecule has 0 atom stereocenters. The molecule has 0 saturated heterocycles. The number of methoxy groups -OCH3 is 1. The zero-order valence-corrected chi connectivity index (χ0v) is 18.5. The summed E-state index contributed by atoms with van der Waals surface area (Å²) in [5.41, 5.74) is 6.28. The van der Waals surface area contributed by atoms with Crippen molar-refractivity contribution in [3.63, 3.8) is 0 Å². The second-order valence-corrected chi connectivity index (χ2v) is 8.79. The summed E-state index contributed by atoms with van der Waals surface area (Å²) in [4.78, 5) is 52.7. The van der Waals surface area contributed by atoms with Gasteiger partial charge < -0.3 is 35.0 Å². The molecule has 30 heavy (non-hydrogen) atoms. The topological polar surface area (TPSA) is 154 Å². The average molecular weight is 446 g/mol. The number of aromatic nitrogens is 2. The highest BCUT2D eigenvalue weighted by Crippen LogP contribution is 2.34. The van der Waals surface area contributed by atoms with Crippen LogP contribution in [0.25, 0.3) is 0 Å². The van der Waals surface area contributed by atoms with E-state index < -0.39 is 13.6 Å². The SMILES string of the molecule is CCN1CN(CCN(CCC(=O)OC)CCP(=O)(O)O)c2nc(N)n(CC)c(=O)c21. The van der Waals surface area contributed by atoms with Crippen LogP contribution in [0, 0.1) is 0 Å². The summed E-state index contributed by atoms with van der Waals surface area (Å²) in [6.07, 6.45) is -0.194. The standard InChI is InChI=1S/C17H31N6O6P/c1-4-21-12-22(15-14(21)16(25)23(5-2)17(18)19-15)9-8-20(7-6-13(24)29-3)10-11-30(26,27)28/h4-12H2,1-3H3,(H2,18,19)(H2,26,27,28). The van der Waals surface area contributed by atoms with Crippen LogP contribution in [-0.2, 0) is 20.6 Å². The maximum absolute atomic E-state index is 12.8. The summed E-state index contributed by atoms with van der Waals surface area (Å²) in [6, 6.07) is 0. The van der Waals surface area contributed by atoms with E-state index in [4.69, 9.17) is 5.73 Å². The molecule has 0 saturated carbocycles. The summed E-state index contributed by atoms with van der Waals surface area (Å²) < 4.78 is 17.3. The van der Waals surface area contributed by atoms with E-state index in [1.807, 2.05) is 23.6 Å². The molecule has 13 heteroatoms. The first-order valence-electron chi connectivity index (χ1n) is 9.85. The van der Waals surface area contributed by atoms with Crippen LogP contribution in [0.5, 0.6) is 0 Å². The Kier molecular flexibility index (Phi) is 8.25. The molecule has 12 nitrogen and oxygen atoms in total. The van der Waals surface area contributed by atoms with Crippen LogP contribution in [0.2, 0.25) is 0 Å². The fraction of sp³-hybridized carbons (Fsp3) is 0.706. The summed E-state index contributed by atoms with van der Waals surface area (Å²) in [5.74, 6) is 0.259. The van der Waals surface area contributed by atoms with Gasteiger partial charge in [-0.1, -0.05) is 0 Å². The lowest BCUT2D eigenvalue weighted by Crippen LogP contribution is -2.39. The van der Waals surface area contributed by atoms with E-state index in [-0.39, 0.29) is 30.6 Å². The van der Waals surface area contributed by atoms with Gasteiger partial charge in [-0.2, -0.15) is 4.98 Å². The van der Waals surface area contributed by atoms with Crippen molar-refractivity contribution in [2.45, 2.75) is 26.8 Å². The second-order valence-electron chi connectivity index (χ2n) is 7.01. The molecule has 0 amide bonds. The summed E-state index contributed by atoms with van der Waals surface area (Å²) in [7, 11) is -2.87. The minimum absolute atomic E-state index is 0.113. The van der Waals surface area contributed by atoms with Crippen molar-refractivity contribution in [3.05, 3.63) is 10.4 Å². The van der Waals surface area contributed by atoms with Gasteiger partial charge >= 0.3 is 13.6 Å². The summed E-state index contributed by atoms with van der Waals surface area (Å²) in [5, 5.41) is 0. The smallest absolute Gasteiger partial charge is 0.326 e. The molecule has 1 aliphatic rings. The minimum atomic E-state index is -4.17. The van der Waals surface area contributed by atoms with Crippen molar-refractivity contribution in [2.75, 3.05) is 68.2 Å². The van der Waals surface area contributed by atoms with Crippen molar-refractivity contribution < 1.29 is 23.9 Å². The lowest BCUT2D eigenvalue weighted by atomic mass is 10.3. The highest BCUT2D eigenvalue weighted by Gasteiger charge is 2.31. The van der Waals surface area contributed by atoms with E-state index >= 15 is 0 Å². The lowest BCUT2D eigenvalue weighted by molar-refractivity contribution is -0.140. The molecule has 1 aromatic heterocycles. The Hall–Kier alpha value is -2.14. The van der Waals surface area contributed by atoms with Gasteiger partial charge in [0.05, 0.1) is 26.4 Å². The maximum Gasteiger partial charge on any atom is 0.326 e. The summed E-state index contributed by atoms with van der Waals surface area (Å²) >= 11 is 0. The number of carbonyl (C=O) groups is 1. The molecule has 2 heterocycles. The van der Waals surface area contributed by atoms with Crippen molar-refractivity contribution in [1.29, 1.82) is 0 Å².